The number of nitrogens with one attached hydrogen (secondary N) is 1. The van der Waals surface area contributed by atoms with E-state index >= 15 is 0 Å². The number of aromatic nitrogens is 2. The largest absolute Gasteiger partial charge is 0.367 e. The van der Waals surface area contributed by atoms with Crippen LogP contribution in [0.3, 0.4) is 0 Å². The lowest BCUT2D eigenvalue weighted by Crippen LogP contribution is -2.42. The van der Waals surface area contributed by atoms with Crippen molar-refractivity contribution in [1.29, 1.82) is 0 Å². The Hall–Kier alpha value is -3.25. The van der Waals surface area contributed by atoms with E-state index in [4.69, 9.17) is 4.74 Å². The van der Waals surface area contributed by atoms with Crippen LogP contribution in [-0.2, 0) is 22.5 Å². The number of benzene rings is 2. The van der Waals surface area contributed by atoms with E-state index in [1.54, 1.807) is 4.90 Å². The molecule has 0 saturated heterocycles. The van der Waals surface area contributed by atoms with E-state index < -0.39 is 6.10 Å². The van der Waals surface area contributed by atoms with E-state index in [0.29, 0.717) is 24.4 Å². The molecule has 6 heteroatoms. The molecule has 1 N–H and O–H groups in total. The van der Waals surface area contributed by atoms with Gasteiger partial charge < -0.3 is 14.6 Å². The molecule has 0 spiro atoms. The summed E-state index contributed by atoms with van der Waals surface area (Å²) in [7, 11) is 1.52. The first-order valence-corrected chi connectivity index (χ1v) is 9.21. The molecule has 0 saturated carbocycles. The van der Waals surface area contributed by atoms with Crippen molar-refractivity contribution in [2.24, 2.45) is 0 Å². The predicted molar refractivity (Wildman–Crippen MR) is 106 cm³/mol. The number of rotatable bonds is 4. The van der Waals surface area contributed by atoms with Gasteiger partial charge in [0.15, 0.2) is 6.10 Å². The van der Waals surface area contributed by atoms with Gasteiger partial charge in [0.25, 0.3) is 11.5 Å². The summed E-state index contributed by atoms with van der Waals surface area (Å²) in [6.45, 7) is 0.738. The SMILES string of the molecule is CO[C@@H](C(=O)N1CCc2nc(-c3ccccc3)[nH]c(=O)c2C1)c1ccccc1. The van der Waals surface area contributed by atoms with Gasteiger partial charge in [-0.1, -0.05) is 60.7 Å². The number of amides is 1. The van der Waals surface area contributed by atoms with Crippen LogP contribution < -0.4 is 5.56 Å². The lowest BCUT2D eigenvalue weighted by Gasteiger charge is -2.30. The van der Waals surface area contributed by atoms with Gasteiger partial charge in [-0.2, -0.15) is 0 Å². The minimum absolute atomic E-state index is 0.147. The number of methoxy groups -OCH3 is 1. The third kappa shape index (κ3) is 3.46. The fourth-order valence-corrected chi connectivity index (χ4v) is 3.52. The molecule has 1 aliphatic rings. The molecule has 28 heavy (non-hydrogen) atoms. The second-order valence-electron chi connectivity index (χ2n) is 6.74. The summed E-state index contributed by atoms with van der Waals surface area (Å²) in [6.07, 6.45) is -0.144. The maximum atomic E-state index is 13.0. The summed E-state index contributed by atoms with van der Waals surface area (Å²) in [5.41, 5.74) is 2.76. The zero-order valence-electron chi connectivity index (χ0n) is 15.6. The molecule has 2 aromatic carbocycles. The number of nitrogens with zero attached hydrogens (tertiary/aromatic N) is 2. The summed E-state index contributed by atoms with van der Waals surface area (Å²) >= 11 is 0. The van der Waals surface area contributed by atoms with Crippen molar-refractivity contribution in [2.75, 3.05) is 13.7 Å². The first-order chi connectivity index (χ1) is 13.7. The van der Waals surface area contributed by atoms with E-state index in [0.717, 1.165) is 16.8 Å². The van der Waals surface area contributed by atoms with Crippen molar-refractivity contribution in [2.45, 2.75) is 19.1 Å². The molecular weight excluding hydrogens is 354 g/mol. The molecular formula is C22H21N3O3. The van der Waals surface area contributed by atoms with Crippen molar-refractivity contribution < 1.29 is 9.53 Å². The summed E-state index contributed by atoms with van der Waals surface area (Å²) in [6, 6.07) is 18.9. The second-order valence-corrected chi connectivity index (χ2v) is 6.74. The first-order valence-electron chi connectivity index (χ1n) is 9.21. The maximum Gasteiger partial charge on any atom is 0.256 e. The predicted octanol–water partition coefficient (Wildman–Crippen LogP) is 2.71. The fourth-order valence-electron chi connectivity index (χ4n) is 3.52. The molecule has 4 rings (SSSR count). The summed E-state index contributed by atoms with van der Waals surface area (Å²) < 4.78 is 5.45. The van der Waals surface area contributed by atoms with Gasteiger partial charge in [0, 0.05) is 25.6 Å². The average Bonchev–Trinajstić information content (AvgIpc) is 2.75. The molecule has 0 fully saturated rings. The summed E-state index contributed by atoms with van der Waals surface area (Å²) in [4.78, 5) is 34.8. The Bertz CT molecular complexity index is 1030. The number of H-pyrrole nitrogens is 1. The quantitative estimate of drug-likeness (QED) is 0.761. The number of hydrogen-bond donors (Lipinski definition) is 1. The van der Waals surface area contributed by atoms with E-state index in [1.807, 2.05) is 60.7 Å². The van der Waals surface area contributed by atoms with Crippen LogP contribution in [0.25, 0.3) is 11.4 Å². The number of fused-ring (bicyclic) bond motifs is 1. The van der Waals surface area contributed by atoms with Crippen LogP contribution >= 0.6 is 0 Å². The number of carbonyl (C=O) groups excluding carboxylic acids is 1. The lowest BCUT2D eigenvalue weighted by molar-refractivity contribution is -0.143. The van der Waals surface area contributed by atoms with Crippen molar-refractivity contribution in [3.8, 4) is 11.4 Å². The zero-order valence-corrected chi connectivity index (χ0v) is 15.6. The van der Waals surface area contributed by atoms with Gasteiger partial charge in [-0.3, -0.25) is 9.59 Å². The number of carbonyl (C=O) groups is 1. The van der Waals surface area contributed by atoms with Crippen LogP contribution in [0.15, 0.2) is 65.5 Å². The molecule has 1 aliphatic heterocycles. The van der Waals surface area contributed by atoms with Gasteiger partial charge in [-0.15, -0.1) is 0 Å². The highest BCUT2D eigenvalue weighted by atomic mass is 16.5. The number of ether oxygens (including phenoxy) is 1. The van der Waals surface area contributed by atoms with Crippen molar-refractivity contribution >= 4 is 5.91 Å². The van der Waals surface area contributed by atoms with Crippen LogP contribution in [-0.4, -0.2) is 34.4 Å². The van der Waals surface area contributed by atoms with E-state index in [-0.39, 0.29) is 18.0 Å². The van der Waals surface area contributed by atoms with E-state index in [9.17, 15) is 9.59 Å². The Morgan fingerprint density at radius 3 is 2.46 bits per heavy atom. The third-order valence-corrected chi connectivity index (χ3v) is 4.99. The van der Waals surface area contributed by atoms with Crippen LogP contribution in [0.2, 0.25) is 0 Å². The topological polar surface area (TPSA) is 75.3 Å². The minimum Gasteiger partial charge on any atom is -0.367 e. The van der Waals surface area contributed by atoms with Crippen LogP contribution in [0.1, 0.15) is 22.9 Å². The molecule has 6 nitrogen and oxygen atoms in total. The van der Waals surface area contributed by atoms with E-state index in [2.05, 4.69) is 9.97 Å². The van der Waals surface area contributed by atoms with Gasteiger partial charge in [-0.05, 0) is 5.56 Å². The summed E-state index contributed by atoms with van der Waals surface area (Å²) in [5.74, 6) is 0.411. The molecule has 1 amide bonds. The Morgan fingerprint density at radius 2 is 1.79 bits per heavy atom. The molecule has 0 aliphatic carbocycles. The highest BCUT2D eigenvalue weighted by molar-refractivity contribution is 5.82. The smallest absolute Gasteiger partial charge is 0.256 e. The molecule has 2 heterocycles. The Morgan fingerprint density at radius 1 is 1.11 bits per heavy atom. The minimum atomic E-state index is -0.682. The lowest BCUT2D eigenvalue weighted by atomic mass is 10.0. The van der Waals surface area contributed by atoms with Gasteiger partial charge in [0.05, 0.1) is 17.8 Å². The Balaban J connectivity index is 1.60. The molecule has 142 valence electrons. The van der Waals surface area contributed by atoms with Crippen molar-refractivity contribution in [1.82, 2.24) is 14.9 Å². The molecule has 0 radical (unpaired) electrons. The first kappa shape index (κ1) is 18.1. The van der Waals surface area contributed by atoms with Crippen molar-refractivity contribution in [3.63, 3.8) is 0 Å². The monoisotopic (exact) mass is 375 g/mol. The zero-order chi connectivity index (χ0) is 19.5. The van der Waals surface area contributed by atoms with Crippen LogP contribution in [0.5, 0.6) is 0 Å². The summed E-state index contributed by atoms with van der Waals surface area (Å²) in [5, 5.41) is 0. The van der Waals surface area contributed by atoms with Gasteiger partial charge in [0.2, 0.25) is 0 Å². The highest BCUT2D eigenvalue weighted by Gasteiger charge is 2.30. The van der Waals surface area contributed by atoms with E-state index in [1.165, 1.54) is 7.11 Å². The van der Waals surface area contributed by atoms with Gasteiger partial charge in [0.1, 0.15) is 5.82 Å². The Kier molecular flexibility index (Phi) is 5.04. The average molecular weight is 375 g/mol. The van der Waals surface area contributed by atoms with Crippen LogP contribution in [0.4, 0.5) is 0 Å². The normalized spacial score (nSPS) is 14.4. The van der Waals surface area contributed by atoms with Crippen molar-refractivity contribution in [3.05, 3.63) is 87.8 Å². The number of hydrogen-bond acceptors (Lipinski definition) is 4. The standard InChI is InChI=1S/C22H21N3O3/c1-28-19(15-8-4-2-5-9-15)22(27)25-13-12-18-17(14-25)21(26)24-20(23-18)16-10-6-3-7-11-16/h2-11,19H,12-14H2,1H3,(H,23,24,26)/t19-/m1/s1. The second kappa shape index (κ2) is 7.78. The number of aromatic amines is 1. The molecule has 0 unspecified atom stereocenters. The third-order valence-electron chi connectivity index (χ3n) is 4.99. The fraction of sp³-hybridized carbons (Fsp3) is 0.227. The molecule has 3 aromatic rings. The molecule has 1 atom stereocenters. The molecule has 0 bridgehead atoms. The van der Waals surface area contributed by atoms with Crippen LogP contribution in [0, 0.1) is 0 Å². The van der Waals surface area contributed by atoms with Gasteiger partial charge >= 0.3 is 0 Å². The Labute approximate surface area is 162 Å². The maximum absolute atomic E-state index is 13.0. The molecule has 1 aromatic heterocycles. The van der Waals surface area contributed by atoms with Gasteiger partial charge in [-0.25, -0.2) is 4.98 Å². The highest BCUT2D eigenvalue weighted by Crippen LogP contribution is 2.24.